The highest BCUT2D eigenvalue weighted by Gasteiger charge is 2.11. The van der Waals surface area contributed by atoms with E-state index in [9.17, 15) is 9.59 Å². The summed E-state index contributed by atoms with van der Waals surface area (Å²) in [5.41, 5.74) is 0.406. The lowest BCUT2D eigenvalue weighted by Gasteiger charge is -2.15. The van der Waals surface area contributed by atoms with Gasteiger partial charge in [0.25, 0.3) is 5.91 Å². The van der Waals surface area contributed by atoms with Crippen LogP contribution in [0.4, 0.5) is 0 Å². The number of carbonyl (C=O) groups excluding carboxylic acids is 1. The molecule has 152 valence electrons. The molecule has 1 N–H and O–H groups in total. The quantitative estimate of drug-likeness (QED) is 0.676. The van der Waals surface area contributed by atoms with Gasteiger partial charge in [-0.1, -0.05) is 13.8 Å². The third-order valence-corrected chi connectivity index (χ3v) is 4.10. The Morgan fingerprint density at radius 3 is 2.43 bits per heavy atom. The number of benzene rings is 1. The van der Waals surface area contributed by atoms with Crippen molar-refractivity contribution in [3.8, 4) is 17.2 Å². The zero-order valence-electron chi connectivity index (χ0n) is 16.9. The Balaban J connectivity index is 1.93. The van der Waals surface area contributed by atoms with Crippen molar-refractivity contribution in [3.05, 3.63) is 52.4 Å². The van der Waals surface area contributed by atoms with E-state index in [2.05, 4.69) is 5.32 Å². The van der Waals surface area contributed by atoms with Crippen LogP contribution in [0.5, 0.6) is 17.2 Å². The van der Waals surface area contributed by atoms with Gasteiger partial charge >= 0.3 is 0 Å². The summed E-state index contributed by atoms with van der Waals surface area (Å²) in [6.45, 7) is 7.15. The molecule has 2 rings (SSSR count). The number of nitrogens with zero attached hydrogens (tertiary/aromatic N) is 1. The van der Waals surface area contributed by atoms with Gasteiger partial charge in [-0.2, -0.15) is 0 Å². The molecule has 0 atom stereocenters. The van der Waals surface area contributed by atoms with E-state index in [1.54, 1.807) is 20.2 Å². The molecule has 28 heavy (non-hydrogen) atoms. The lowest BCUT2D eigenvalue weighted by atomic mass is 10.2. The highest BCUT2D eigenvalue weighted by Crippen LogP contribution is 2.17. The van der Waals surface area contributed by atoms with E-state index < -0.39 is 0 Å². The van der Waals surface area contributed by atoms with Gasteiger partial charge in [-0.25, -0.2) is 0 Å². The summed E-state index contributed by atoms with van der Waals surface area (Å²) >= 11 is 0. The summed E-state index contributed by atoms with van der Waals surface area (Å²) in [6, 6.07) is 8.76. The van der Waals surface area contributed by atoms with Gasteiger partial charge in [-0.3, -0.25) is 9.59 Å². The average Bonchev–Trinajstić information content (AvgIpc) is 2.68. The smallest absolute Gasteiger partial charge is 0.257 e. The monoisotopic (exact) mass is 388 g/mol. The number of hydrogen-bond donors (Lipinski definition) is 1. The van der Waals surface area contributed by atoms with Crippen molar-refractivity contribution < 1.29 is 19.0 Å². The number of ether oxygens (including phenoxy) is 3. The number of carbonyl (C=O) groups is 1. The van der Waals surface area contributed by atoms with Crippen LogP contribution in [0.15, 0.2) is 41.3 Å². The second kappa shape index (κ2) is 10.4. The Hall–Kier alpha value is -2.96. The third-order valence-electron chi connectivity index (χ3n) is 4.10. The molecule has 0 saturated heterocycles. The number of rotatable bonds is 10. The highest BCUT2D eigenvalue weighted by molar-refractivity contribution is 5.77. The van der Waals surface area contributed by atoms with Crippen LogP contribution in [0.1, 0.15) is 19.5 Å². The molecule has 0 fully saturated rings. The summed E-state index contributed by atoms with van der Waals surface area (Å²) in [4.78, 5) is 23.9. The molecule has 0 saturated carbocycles. The van der Waals surface area contributed by atoms with Crippen LogP contribution in [0.25, 0.3) is 0 Å². The minimum atomic E-state index is -0.249. The number of hydrogen-bond acceptors (Lipinski definition) is 5. The second-order valence-electron chi connectivity index (χ2n) is 6.80. The first-order valence-corrected chi connectivity index (χ1v) is 9.27. The van der Waals surface area contributed by atoms with Gasteiger partial charge in [0.15, 0.2) is 12.4 Å². The lowest BCUT2D eigenvalue weighted by Crippen LogP contribution is -2.32. The topological polar surface area (TPSA) is 78.8 Å². The first-order valence-electron chi connectivity index (χ1n) is 9.27. The molecular formula is C21H28N2O5. The van der Waals surface area contributed by atoms with E-state index in [0.29, 0.717) is 31.3 Å². The van der Waals surface area contributed by atoms with Crippen LogP contribution in [0.2, 0.25) is 0 Å². The molecule has 7 heteroatoms. The maximum atomic E-state index is 12.1. The molecule has 1 aromatic carbocycles. The Bertz CT molecular complexity index is 828. The molecule has 0 spiro atoms. The van der Waals surface area contributed by atoms with E-state index in [-0.39, 0.29) is 23.7 Å². The Morgan fingerprint density at radius 1 is 1.11 bits per heavy atom. The van der Waals surface area contributed by atoms with Crippen LogP contribution in [-0.4, -0.2) is 37.3 Å². The largest absolute Gasteiger partial charge is 0.497 e. The van der Waals surface area contributed by atoms with E-state index in [0.717, 1.165) is 11.5 Å². The molecule has 0 aliphatic carbocycles. The fraction of sp³-hybridized carbons (Fsp3) is 0.429. The molecule has 0 bridgehead atoms. The number of amides is 1. The van der Waals surface area contributed by atoms with Crippen LogP contribution in [0.3, 0.4) is 0 Å². The fourth-order valence-electron chi connectivity index (χ4n) is 2.51. The minimum Gasteiger partial charge on any atom is -0.497 e. The number of aromatic nitrogens is 1. The molecule has 0 aliphatic rings. The third kappa shape index (κ3) is 6.33. The zero-order chi connectivity index (χ0) is 20.5. The summed E-state index contributed by atoms with van der Waals surface area (Å²) in [6.07, 6.45) is 1.70. The fourth-order valence-corrected chi connectivity index (χ4v) is 2.51. The molecular weight excluding hydrogens is 360 g/mol. The normalized spacial score (nSPS) is 10.6. The Labute approximate surface area is 165 Å². The maximum absolute atomic E-state index is 12.1. The first kappa shape index (κ1) is 21.3. The van der Waals surface area contributed by atoms with Gasteiger partial charge in [-0.05, 0) is 37.1 Å². The van der Waals surface area contributed by atoms with Crippen LogP contribution < -0.4 is 25.0 Å². The zero-order valence-corrected chi connectivity index (χ0v) is 16.9. The maximum Gasteiger partial charge on any atom is 0.257 e. The average molecular weight is 388 g/mol. The van der Waals surface area contributed by atoms with Crippen molar-refractivity contribution in [1.29, 1.82) is 0 Å². The van der Waals surface area contributed by atoms with E-state index in [1.165, 1.54) is 6.07 Å². The SMILES string of the molecule is COc1ccc(OCCn2ccc(=O)c(OCC(=O)NCC(C)C)c2C)cc1. The Kier molecular flexibility index (Phi) is 7.92. The van der Waals surface area contributed by atoms with Crippen LogP contribution in [0, 0.1) is 12.8 Å². The van der Waals surface area contributed by atoms with E-state index >= 15 is 0 Å². The first-order chi connectivity index (χ1) is 13.4. The minimum absolute atomic E-state index is 0.185. The van der Waals surface area contributed by atoms with Gasteiger partial charge in [0.2, 0.25) is 5.43 Å². The van der Waals surface area contributed by atoms with Crippen LogP contribution >= 0.6 is 0 Å². The van der Waals surface area contributed by atoms with E-state index in [1.807, 2.05) is 42.7 Å². The molecule has 0 unspecified atom stereocenters. The van der Waals surface area contributed by atoms with Gasteiger partial charge in [0.05, 0.1) is 19.3 Å². The van der Waals surface area contributed by atoms with Gasteiger partial charge in [-0.15, -0.1) is 0 Å². The van der Waals surface area contributed by atoms with Crippen molar-refractivity contribution >= 4 is 5.91 Å². The number of pyridine rings is 1. The number of methoxy groups -OCH3 is 1. The van der Waals surface area contributed by atoms with Crippen molar-refractivity contribution in [2.24, 2.45) is 5.92 Å². The highest BCUT2D eigenvalue weighted by atomic mass is 16.5. The van der Waals surface area contributed by atoms with Crippen molar-refractivity contribution in [1.82, 2.24) is 9.88 Å². The summed E-state index contributed by atoms with van der Waals surface area (Å²) in [5.74, 6) is 1.79. The van der Waals surface area contributed by atoms with Crippen molar-refractivity contribution in [2.45, 2.75) is 27.3 Å². The van der Waals surface area contributed by atoms with Crippen molar-refractivity contribution in [2.75, 3.05) is 26.9 Å². The number of nitrogens with one attached hydrogen (secondary N) is 1. The molecule has 7 nitrogen and oxygen atoms in total. The molecule has 1 heterocycles. The summed E-state index contributed by atoms with van der Waals surface area (Å²) in [7, 11) is 1.61. The molecule has 0 radical (unpaired) electrons. The van der Waals surface area contributed by atoms with Crippen LogP contribution in [-0.2, 0) is 11.3 Å². The molecule has 1 aromatic heterocycles. The molecule has 0 aliphatic heterocycles. The Morgan fingerprint density at radius 2 is 1.79 bits per heavy atom. The van der Waals surface area contributed by atoms with E-state index in [4.69, 9.17) is 14.2 Å². The predicted octanol–water partition coefficient (Wildman–Crippen LogP) is 2.40. The summed E-state index contributed by atoms with van der Waals surface area (Å²) in [5, 5.41) is 2.76. The lowest BCUT2D eigenvalue weighted by molar-refractivity contribution is -0.123. The van der Waals surface area contributed by atoms with Crippen molar-refractivity contribution in [3.63, 3.8) is 0 Å². The standard InChI is InChI=1S/C21H28N2O5/c1-15(2)13-22-20(25)14-28-21-16(3)23(10-9-19(21)24)11-12-27-18-7-5-17(26-4)6-8-18/h5-10,15H,11-14H2,1-4H3,(H,22,25). The molecule has 1 amide bonds. The predicted molar refractivity (Wildman–Crippen MR) is 107 cm³/mol. The molecule has 2 aromatic rings. The summed E-state index contributed by atoms with van der Waals surface area (Å²) < 4.78 is 18.2. The van der Waals surface area contributed by atoms with Gasteiger partial charge in [0.1, 0.15) is 18.1 Å². The second-order valence-corrected chi connectivity index (χ2v) is 6.80. The van der Waals surface area contributed by atoms with Gasteiger partial charge < -0.3 is 24.1 Å². The van der Waals surface area contributed by atoms with Gasteiger partial charge in [0, 0.05) is 18.8 Å².